The number of likely N-dealkylation sites (tertiary alicyclic amines) is 1. The minimum absolute atomic E-state index is 0.223. The van der Waals surface area contributed by atoms with Crippen LogP contribution in [0.4, 0.5) is 4.79 Å². The van der Waals surface area contributed by atoms with Crippen molar-refractivity contribution < 1.29 is 14.6 Å². The Morgan fingerprint density at radius 2 is 2.10 bits per heavy atom. The zero-order chi connectivity index (χ0) is 15.3. The molecule has 5 heteroatoms. The molecule has 0 radical (unpaired) electrons. The first-order chi connectivity index (χ1) is 9.17. The smallest absolute Gasteiger partial charge is 0.410 e. The van der Waals surface area contributed by atoms with Crippen LogP contribution < -0.4 is 5.32 Å². The van der Waals surface area contributed by atoms with E-state index in [0.717, 1.165) is 25.9 Å². The molecule has 1 saturated heterocycles. The van der Waals surface area contributed by atoms with Crippen molar-refractivity contribution in [2.24, 2.45) is 5.92 Å². The van der Waals surface area contributed by atoms with Gasteiger partial charge in [-0.2, -0.15) is 0 Å². The third-order valence-corrected chi connectivity index (χ3v) is 3.34. The fourth-order valence-electron chi connectivity index (χ4n) is 2.45. The van der Waals surface area contributed by atoms with Crippen molar-refractivity contribution in [1.29, 1.82) is 0 Å². The highest BCUT2D eigenvalue weighted by Gasteiger charge is 2.29. The Bertz CT molecular complexity index is 313. The molecule has 5 nitrogen and oxygen atoms in total. The summed E-state index contributed by atoms with van der Waals surface area (Å²) >= 11 is 0. The van der Waals surface area contributed by atoms with E-state index in [9.17, 15) is 9.90 Å². The van der Waals surface area contributed by atoms with Crippen LogP contribution in [0.15, 0.2) is 0 Å². The van der Waals surface area contributed by atoms with Crippen LogP contribution in [0.2, 0.25) is 0 Å². The van der Waals surface area contributed by atoms with Crippen LogP contribution in [0.5, 0.6) is 0 Å². The second-order valence-electron chi connectivity index (χ2n) is 7.01. The molecule has 1 amide bonds. The van der Waals surface area contributed by atoms with Gasteiger partial charge in [-0.3, -0.25) is 0 Å². The van der Waals surface area contributed by atoms with Crippen molar-refractivity contribution in [2.75, 3.05) is 19.6 Å². The summed E-state index contributed by atoms with van der Waals surface area (Å²) in [5, 5.41) is 12.8. The molecule has 1 aliphatic rings. The van der Waals surface area contributed by atoms with E-state index in [1.165, 1.54) is 0 Å². The predicted octanol–water partition coefficient (Wildman–Crippen LogP) is 1.99. The maximum Gasteiger partial charge on any atom is 0.410 e. The van der Waals surface area contributed by atoms with E-state index in [1.807, 2.05) is 27.7 Å². The van der Waals surface area contributed by atoms with E-state index in [1.54, 1.807) is 4.90 Å². The quantitative estimate of drug-likeness (QED) is 0.811. The number of carbonyl (C=O) groups excluding carboxylic acids is 1. The first-order valence-electron chi connectivity index (χ1n) is 7.56. The van der Waals surface area contributed by atoms with Crippen LogP contribution in [0.25, 0.3) is 0 Å². The van der Waals surface area contributed by atoms with Crippen LogP contribution >= 0.6 is 0 Å². The van der Waals surface area contributed by atoms with E-state index in [0.29, 0.717) is 18.5 Å². The summed E-state index contributed by atoms with van der Waals surface area (Å²) in [5.41, 5.74) is -0.436. The number of nitrogens with zero attached hydrogens (tertiary/aromatic N) is 1. The summed E-state index contributed by atoms with van der Waals surface area (Å²) in [7, 11) is 0. The fourth-order valence-corrected chi connectivity index (χ4v) is 2.45. The van der Waals surface area contributed by atoms with Crippen LogP contribution in [0.3, 0.4) is 0 Å². The number of hydrogen-bond donors (Lipinski definition) is 2. The highest BCUT2D eigenvalue weighted by molar-refractivity contribution is 5.68. The minimum Gasteiger partial charge on any atom is -0.444 e. The lowest BCUT2D eigenvalue weighted by Gasteiger charge is -2.24. The third kappa shape index (κ3) is 6.57. The number of ether oxygens (including phenoxy) is 1. The Kier molecular flexibility index (Phi) is 6.27. The van der Waals surface area contributed by atoms with Gasteiger partial charge in [-0.15, -0.1) is 0 Å². The minimum atomic E-state index is -0.436. The first-order valence-corrected chi connectivity index (χ1v) is 7.56. The predicted molar refractivity (Wildman–Crippen MR) is 79.7 cm³/mol. The standard InChI is InChI=1S/C15H30N2O3/c1-11(8-12(2)18)9-16-13-6-7-17(10-13)14(19)20-15(3,4)5/h11-13,16,18H,6-10H2,1-5H3. The van der Waals surface area contributed by atoms with Gasteiger partial charge in [0, 0.05) is 19.1 Å². The fraction of sp³-hybridized carbons (Fsp3) is 0.933. The van der Waals surface area contributed by atoms with Crippen LogP contribution in [0.1, 0.15) is 47.5 Å². The third-order valence-electron chi connectivity index (χ3n) is 3.34. The number of rotatable bonds is 5. The van der Waals surface area contributed by atoms with Crippen LogP contribution in [0, 0.1) is 5.92 Å². The summed E-state index contributed by atoms with van der Waals surface area (Å²) < 4.78 is 5.37. The maximum atomic E-state index is 11.9. The molecule has 3 atom stereocenters. The topological polar surface area (TPSA) is 61.8 Å². The molecular weight excluding hydrogens is 256 g/mol. The van der Waals surface area contributed by atoms with E-state index in [-0.39, 0.29) is 12.2 Å². The van der Waals surface area contributed by atoms with Gasteiger partial charge in [-0.1, -0.05) is 6.92 Å². The van der Waals surface area contributed by atoms with E-state index in [2.05, 4.69) is 12.2 Å². The summed E-state index contributed by atoms with van der Waals surface area (Å²) in [5.74, 6) is 0.436. The maximum absolute atomic E-state index is 11.9. The molecule has 0 saturated carbocycles. The molecule has 3 unspecified atom stereocenters. The highest BCUT2D eigenvalue weighted by atomic mass is 16.6. The summed E-state index contributed by atoms with van der Waals surface area (Å²) in [6.07, 6.45) is 1.28. The van der Waals surface area contributed by atoms with Gasteiger partial charge < -0.3 is 20.1 Å². The molecule has 20 heavy (non-hydrogen) atoms. The lowest BCUT2D eigenvalue weighted by atomic mass is 10.0. The number of aliphatic hydroxyl groups is 1. The molecule has 0 aromatic rings. The number of carbonyl (C=O) groups is 1. The zero-order valence-corrected chi connectivity index (χ0v) is 13.5. The molecule has 118 valence electrons. The number of nitrogens with one attached hydrogen (secondary N) is 1. The van der Waals surface area contributed by atoms with E-state index < -0.39 is 5.60 Å². The average Bonchev–Trinajstić information content (AvgIpc) is 2.71. The van der Waals surface area contributed by atoms with E-state index >= 15 is 0 Å². The molecule has 2 N–H and O–H groups in total. The van der Waals surface area contributed by atoms with Crippen LogP contribution in [-0.4, -0.2) is 53.5 Å². The second-order valence-corrected chi connectivity index (χ2v) is 7.01. The van der Waals surface area contributed by atoms with Gasteiger partial charge >= 0.3 is 6.09 Å². The second kappa shape index (κ2) is 7.27. The molecule has 1 heterocycles. The Morgan fingerprint density at radius 3 is 2.65 bits per heavy atom. The monoisotopic (exact) mass is 286 g/mol. The summed E-state index contributed by atoms with van der Waals surface area (Å²) in [6.45, 7) is 11.9. The van der Waals surface area contributed by atoms with Crippen molar-refractivity contribution in [3.05, 3.63) is 0 Å². The van der Waals surface area contributed by atoms with Gasteiger partial charge in [-0.05, 0) is 53.0 Å². The van der Waals surface area contributed by atoms with Crippen molar-refractivity contribution in [3.8, 4) is 0 Å². The van der Waals surface area contributed by atoms with Gasteiger partial charge in [0.15, 0.2) is 0 Å². The Hall–Kier alpha value is -0.810. The Balaban J connectivity index is 2.28. The summed E-state index contributed by atoms with van der Waals surface area (Å²) in [4.78, 5) is 13.7. The Labute approximate surface area is 122 Å². The average molecular weight is 286 g/mol. The molecule has 1 rings (SSSR count). The van der Waals surface area contributed by atoms with Gasteiger partial charge in [0.05, 0.1) is 6.10 Å². The van der Waals surface area contributed by atoms with Gasteiger partial charge in [0.1, 0.15) is 5.60 Å². The van der Waals surface area contributed by atoms with E-state index in [4.69, 9.17) is 4.74 Å². The lowest BCUT2D eigenvalue weighted by molar-refractivity contribution is 0.0291. The van der Waals surface area contributed by atoms with Gasteiger partial charge in [-0.25, -0.2) is 4.79 Å². The van der Waals surface area contributed by atoms with Crippen molar-refractivity contribution in [1.82, 2.24) is 10.2 Å². The largest absolute Gasteiger partial charge is 0.444 e. The normalized spacial score (nSPS) is 22.7. The molecule has 0 aromatic heterocycles. The van der Waals surface area contributed by atoms with Crippen LogP contribution in [-0.2, 0) is 4.74 Å². The SMILES string of the molecule is CC(O)CC(C)CNC1CCN(C(=O)OC(C)(C)C)C1. The zero-order valence-electron chi connectivity index (χ0n) is 13.5. The van der Waals surface area contributed by atoms with Gasteiger partial charge in [0.25, 0.3) is 0 Å². The highest BCUT2D eigenvalue weighted by Crippen LogP contribution is 2.15. The Morgan fingerprint density at radius 1 is 1.45 bits per heavy atom. The molecule has 1 fully saturated rings. The van der Waals surface area contributed by atoms with Gasteiger partial charge in [0.2, 0.25) is 0 Å². The number of aliphatic hydroxyl groups excluding tert-OH is 1. The number of hydrogen-bond acceptors (Lipinski definition) is 4. The molecule has 0 spiro atoms. The first kappa shape index (κ1) is 17.2. The lowest BCUT2D eigenvalue weighted by Crippen LogP contribution is -2.39. The molecule has 0 bridgehead atoms. The van der Waals surface area contributed by atoms with Crippen molar-refractivity contribution in [2.45, 2.75) is 65.2 Å². The summed E-state index contributed by atoms with van der Waals surface area (Å²) in [6, 6.07) is 0.332. The molecule has 0 aliphatic carbocycles. The van der Waals surface area contributed by atoms with Crippen molar-refractivity contribution >= 4 is 6.09 Å². The number of amides is 1. The molecule has 0 aromatic carbocycles. The molecule has 1 aliphatic heterocycles. The van der Waals surface area contributed by atoms with Crippen molar-refractivity contribution in [3.63, 3.8) is 0 Å². The molecular formula is C15H30N2O3.